The number of phenolic OH excluding ortho intramolecular Hbond substituents is 1. The summed E-state index contributed by atoms with van der Waals surface area (Å²) < 4.78 is 10.7. The molecule has 2 aromatic heterocycles. The molecule has 0 saturated heterocycles. The van der Waals surface area contributed by atoms with Gasteiger partial charge in [0.25, 0.3) is 5.91 Å². The summed E-state index contributed by atoms with van der Waals surface area (Å²) in [5.74, 6) is -2.04. The van der Waals surface area contributed by atoms with E-state index in [0.717, 1.165) is 5.56 Å². The average Bonchev–Trinajstić information content (AvgIpc) is 3.18. The molecular formula is C24H20ClN2O7-. The summed E-state index contributed by atoms with van der Waals surface area (Å²) in [5, 5.41) is 25.2. The third-order valence-electron chi connectivity index (χ3n) is 5.42. The lowest BCUT2D eigenvalue weighted by atomic mass is 10.0. The summed E-state index contributed by atoms with van der Waals surface area (Å²) in [6.45, 7) is 1.37. The highest BCUT2D eigenvalue weighted by atomic mass is 35.5. The zero-order valence-corrected chi connectivity index (χ0v) is 18.8. The lowest BCUT2D eigenvalue weighted by Crippen LogP contribution is -2.50. The molecule has 0 bridgehead atoms. The van der Waals surface area contributed by atoms with Crippen molar-refractivity contribution in [2.75, 3.05) is 6.61 Å². The molecule has 1 atom stereocenters. The quantitative estimate of drug-likeness (QED) is 0.325. The predicted molar refractivity (Wildman–Crippen MR) is 123 cm³/mol. The number of aromatic nitrogens is 1. The molecule has 0 unspecified atom stereocenters. The fourth-order valence-electron chi connectivity index (χ4n) is 3.76. The number of hydrogen-bond donors (Lipinski definition) is 3. The van der Waals surface area contributed by atoms with Gasteiger partial charge in [-0.15, -0.1) is 0 Å². The zero-order chi connectivity index (χ0) is 24.4. The van der Waals surface area contributed by atoms with Crippen molar-refractivity contribution in [3.63, 3.8) is 0 Å². The fourth-order valence-corrected chi connectivity index (χ4v) is 3.98. The minimum Gasteiger partial charge on any atom is -0.548 e. The van der Waals surface area contributed by atoms with Crippen molar-refractivity contribution >= 4 is 45.3 Å². The maximum Gasteiger partial charge on any atom is 0.336 e. The molecule has 1 amide bonds. The number of ether oxygens (including phenoxy) is 1. The van der Waals surface area contributed by atoms with Crippen molar-refractivity contribution in [1.82, 2.24) is 10.3 Å². The number of phenols is 1. The predicted octanol–water partition coefficient (Wildman–Crippen LogP) is 2.05. The van der Waals surface area contributed by atoms with Crippen LogP contribution in [-0.4, -0.2) is 34.6 Å². The number of carbonyl (C=O) groups is 2. The number of benzene rings is 2. The first kappa shape index (κ1) is 23.2. The second kappa shape index (κ2) is 9.48. The third-order valence-corrected chi connectivity index (χ3v) is 5.71. The normalized spacial score (nSPS) is 12.1. The lowest BCUT2D eigenvalue weighted by molar-refractivity contribution is -0.308. The molecule has 0 aliphatic rings. The van der Waals surface area contributed by atoms with E-state index in [-0.39, 0.29) is 28.5 Å². The number of aryl methyl sites for hydroxylation is 1. The number of rotatable bonds is 8. The van der Waals surface area contributed by atoms with Crippen LogP contribution in [0.2, 0.25) is 5.02 Å². The van der Waals surface area contributed by atoms with Gasteiger partial charge in [-0.25, -0.2) is 4.79 Å². The van der Waals surface area contributed by atoms with E-state index < -0.39 is 30.2 Å². The van der Waals surface area contributed by atoms with Crippen molar-refractivity contribution < 1.29 is 29.0 Å². The Hall–Kier alpha value is -3.98. The minimum atomic E-state index is -1.47. The SMILES string of the molecule is CCc1cc(=O)oc2cc(OCC(=O)N[C@H](Cc3c[nH]c4ccc(O)cc34)C(=O)[O-])c(Cl)cc12. The second-order valence-electron chi connectivity index (χ2n) is 7.70. The van der Waals surface area contributed by atoms with E-state index in [2.05, 4.69) is 10.3 Å². The van der Waals surface area contributed by atoms with Crippen molar-refractivity contribution in [2.24, 2.45) is 0 Å². The van der Waals surface area contributed by atoms with Crippen LogP contribution in [0, 0.1) is 0 Å². The van der Waals surface area contributed by atoms with Crippen molar-refractivity contribution in [2.45, 2.75) is 25.8 Å². The molecule has 0 fully saturated rings. The van der Waals surface area contributed by atoms with Gasteiger partial charge >= 0.3 is 5.63 Å². The monoisotopic (exact) mass is 483 g/mol. The number of fused-ring (bicyclic) bond motifs is 2. The molecule has 2 aromatic carbocycles. The van der Waals surface area contributed by atoms with Crippen LogP contribution in [0.3, 0.4) is 0 Å². The highest BCUT2D eigenvalue weighted by molar-refractivity contribution is 6.32. The number of aliphatic carboxylic acids is 1. The molecule has 9 nitrogen and oxygen atoms in total. The number of aromatic amines is 1. The molecule has 176 valence electrons. The van der Waals surface area contributed by atoms with Gasteiger partial charge < -0.3 is 34.5 Å². The molecule has 0 aliphatic carbocycles. The Balaban J connectivity index is 1.47. The van der Waals surface area contributed by atoms with Gasteiger partial charge in [-0.05, 0) is 41.8 Å². The van der Waals surface area contributed by atoms with Crippen LogP contribution >= 0.6 is 11.6 Å². The lowest BCUT2D eigenvalue weighted by Gasteiger charge is -2.20. The number of aromatic hydroxyl groups is 1. The van der Waals surface area contributed by atoms with Crippen LogP contribution < -0.4 is 20.8 Å². The summed E-state index contributed by atoms with van der Waals surface area (Å²) in [7, 11) is 0. The average molecular weight is 484 g/mol. The van der Waals surface area contributed by atoms with Crippen molar-refractivity contribution in [3.8, 4) is 11.5 Å². The Kier molecular flexibility index (Phi) is 6.47. The minimum absolute atomic E-state index is 0.0324. The van der Waals surface area contributed by atoms with Crippen LogP contribution in [-0.2, 0) is 22.4 Å². The third kappa shape index (κ3) is 4.84. The van der Waals surface area contributed by atoms with E-state index in [1.807, 2.05) is 6.92 Å². The fraction of sp³-hybridized carbons (Fsp3) is 0.208. The zero-order valence-electron chi connectivity index (χ0n) is 18.0. The smallest absolute Gasteiger partial charge is 0.336 e. The summed E-state index contributed by atoms with van der Waals surface area (Å²) in [6, 6.07) is 7.72. The van der Waals surface area contributed by atoms with E-state index >= 15 is 0 Å². The van der Waals surface area contributed by atoms with Crippen molar-refractivity contribution in [1.29, 1.82) is 0 Å². The molecule has 0 aliphatic heterocycles. The summed E-state index contributed by atoms with van der Waals surface area (Å²) in [5.41, 5.74) is 1.81. The van der Waals surface area contributed by atoms with E-state index in [1.165, 1.54) is 24.3 Å². The van der Waals surface area contributed by atoms with Crippen LogP contribution in [0.1, 0.15) is 18.1 Å². The number of H-pyrrole nitrogens is 1. The number of carboxylic acid groups (broad SMARTS) is 1. The largest absolute Gasteiger partial charge is 0.548 e. The first-order chi connectivity index (χ1) is 16.2. The van der Waals surface area contributed by atoms with Gasteiger partial charge in [0.1, 0.15) is 17.1 Å². The Bertz CT molecular complexity index is 1460. The van der Waals surface area contributed by atoms with Gasteiger partial charge in [-0.1, -0.05) is 18.5 Å². The number of carbonyl (C=O) groups excluding carboxylic acids is 2. The first-order valence-electron chi connectivity index (χ1n) is 10.4. The molecular weight excluding hydrogens is 464 g/mol. The van der Waals surface area contributed by atoms with Gasteiger partial charge in [0.15, 0.2) is 6.61 Å². The number of amides is 1. The Labute approximate surface area is 197 Å². The molecule has 2 heterocycles. The number of carboxylic acids is 1. The highest BCUT2D eigenvalue weighted by Gasteiger charge is 2.18. The molecule has 4 rings (SSSR count). The summed E-state index contributed by atoms with van der Waals surface area (Å²) in [6.07, 6.45) is 2.14. The Morgan fingerprint density at radius 1 is 1.21 bits per heavy atom. The van der Waals surface area contributed by atoms with Crippen molar-refractivity contribution in [3.05, 3.63) is 69.2 Å². The van der Waals surface area contributed by atoms with Crippen LogP contribution in [0.25, 0.3) is 21.9 Å². The first-order valence-corrected chi connectivity index (χ1v) is 10.8. The Morgan fingerprint density at radius 2 is 2.00 bits per heavy atom. The second-order valence-corrected chi connectivity index (χ2v) is 8.11. The summed E-state index contributed by atoms with van der Waals surface area (Å²) >= 11 is 6.27. The Morgan fingerprint density at radius 3 is 2.74 bits per heavy atom. The van der Waals surface area contributed by atoms with Gasteiger partial charge in [-0.3, -0.25) is 4.79 Å². The van der Waals surface area contributed by atoms with E-state index in [1.54, 1.807) is 18.3 Å². The highest BCUT2D eigenvalue weighted by Crippen LogP contribution is 2.31. The van der Waals surface area contributed by atoms with Gasteiger partial charge in [0.05, 0.1) is 17.0 Å². The molecule has 0 radical (unpaired) electrons. The van der Waals surface area contributed by atoms with Gasteiger partial charge in [-0.2, -0.15) is 0 Å². The molecule has 34 heavy (non-hydrogen) atoms. The molecule has 0 saturated carbocycles. The number of nitrogens with one attached hydrogen (secondary N) is 2. The molecule has 0 spiro atoms. The van der Waals surface area contributed by atoms with Gasteiger partial charge in [0.2, 0.25) is 0 Å². The van der Waals surface area contributed by atoms with Crippen LogP contribution in [0.15, 0.2) is 51.8 Å². The van der Waals surface area contributed by atoms with E-state index in [9.17, 15) is 24.6 Å². The molecule has 4 aromatic rings. The summed E-state index contributed by atoms with van der Waals surface area (Å²) in [4.78, 5) is 38.8. The van der Waals surface area contributed by atoms with E-state index in [0.29, 0.717) is 28.3 Å². The number of halogens is 1. The standard InChI is InChI=1S/C24H21ClN2O7/c1-2-12-6-23(30)34-20-9-21(17(25)8-16(12)20)33-11-22(29)27-19(24(31)32)5-13-10-26-18-4-3-14(28)7-15(13)18/h3-4,6-10,19,26,28H,2,5,11H2,1H3,(H,27,29)(H,31,32)/p-1/t19-/m1/s1. The maximum absolute atomic E-state index is 12.4. The van der Waals surface area contributed by atoms with Crippen LogP contribution in [0.5, 0.6) is 11.5 Å². The maximum atomic E-state index is 12.4. The topological polar surface area (TPSA) is 145 Å². The molecule has 10 heteroatoms. The molecule has 3 N–H and O–H groups in total. The van der Waals surface area contributed by atoms with Gasteiger partial charge in [0, 0.05) is 41.0 Å². The van der Waals surface area contributed by atoms with Crippen LogP contribution in [0.4, 0.5) is 0 Å². The van der Waals surface area contributed by atoms with E-state index in [4.69, 9.17) is 20.8 Å². The number of hydrogen-bond acceptors (Lipinski definition) is 7.